The van der Waals surface area contributed by atoms with E-state index in [0.717, 1.165) is 17.9 Å². The van der Waals surface area contributed by atoms with Gasteiger partial charge in [0.1, 0.15) is 5.75 Å². The van der Waals surface area contributed by atoms with Crippen molar-refractivity contribution in [1.29, 1.82) is 0 Å². The van der Waals surface area contributed by atoms with Gasteiger partial charge in [0.05, 0.1) is 13.0 Å². The number of benzene rings is 1. The van der Waals surface area contributed by atoms with Crippen LogP contribution in [0, 0.1) is 5.92 Å². The van der Waals surface area contributed by atoms with Crippen LogP contribution >= 0.6 is 12.4 Å². The smallest absolute Gasteiger partial charge is 0.227 e. The molecule has 0 aromatic heterocycles. The van der Waals surface area contributed by atoms with Gasteiger partial charge in [0.2, 0.25) is 11.8 Å². The van der Waals surface area contributed by atoms with Gasteiger partial charge in [-0.2, -0.15) is 0 Å². The number of halogens is 1. The van der Waals surface area contributed by atoms with E-state index in [1.807, 2.05) is 19.1 Å². The predicted molar refractivity (Wildman–Crippen MR) is 92.0 cm³/mol. The van der Waals surface area contributed by atoms with Crippen LogP contribution in [0.3, 0.4) is 0 Å². The van der Waals surface area contributed by atoms with Gasteiger partial charge in [-0.05, 0) is 37.6 Å². The molecular formula is C16H24ClN3O3. The van der Waals surface area contributed by atoms with E-state index in [4.69, 9.17) is 10.5 Å². The van der Waals surface area contributed by atoms with Gasteiger partial charge in [0.15, 0.2) is 0 Å². The number of nitrogens with zero attached hydrogens (tertiary/aromatic N) is 1. The molecule has 7 heteroatoms. The lowest BCUT2D eigenvalue weighted by molar-refractivity contribution is -0.126. The lowest BCUT2D eigenvalue weighted by Crippen LogP contribution is -2.35. The zero-order valence-electron chi connectivity index (χ0n) is 13.5. The first-order chi connectivity index (χ1) is 10.5. The second-order valence-corrected chi connectivity index (χ2v) is 5.66. The molecule has 0 saturated carbocycles. The Balaban J connectivity index is 0.00000264. The normalized spacial score (nSPS) is 18.3. The molecule has 1 fully saturated rings. The fourth-order valence-electron chi connectivity index (χ4n) is 2.46. The maximum atomic E-state index is 12.1. The summed E-state index contributed by atoms with van der Waals surface area (Å²) in [7, 11) is 1.60. The third-order valence-corrected chi connectivity index (χ3v) is 3.78. The number of carbonyl (C=O) groups is 2. The van der Waals surface area contributed by atoms with Gasteiger partial charge < -0.3 is 20.7 Å². The van der Waals surface area contributed by atoms with E-state index >= 15 is 0 Å². The Hall–Kier alpha value is -1.79. The van der Waals surface area contributed by atoms with Crippen LogP contribution in [0.1, 0.15) is 19.8 Å². The average molecular weight is 342 g/mol. The second kappa shape index (κ2) is 8.74. The van der Waals surface area contributed by atoms with Crippen LogP contribution in [0.25, 0.3) is 0 Å². The van der Waals surface area contributed by atoms with Crippen LogP contribution < -0.4 is 20.7 Å². The van der Waals surface area contributed by atoms with Crippen LogP contribution in [-0.4, -0.2) is 38.1 Å². The van der Waals surface area contributed by atoms with Gasteiger partial charge in [-0.25, -0.2) is 0 Å². The SMILES string of the molecule is COc1ccc(N2CC(C(=O)NCCC(C)N)CC2=O)cc1.Cl. The summed E-state index contributed by atoms with van der Waals surface area (Å²) in [4.78, 5) is 25.9. The second-order valence-electron chi connectivity index (χ2n) is 5.66. The number of hydrogen-bond donors (Lipinski definition) is 2. The molecule has 128 valence electrons. The number of anilines is 1. The quantitative estimate of drug-likeness (QED) is 0.817. The van der Waals surface area contributed by atoms with Crippen molar-refractivity contribution in [3.8, 4) is 5.75 Å². The highest BCUT2D eigenvalue weighted by Crippen LogP contribution is 2.26. The van der Waals surface area contributed by atoms with Crippen molar-refractivity contribution >= 4 is 29.9 Å². The highest BCUT2D eigenvalue weighted by atomic mass is 35.5. The van der Waals surface area contributed by atoms with Gasteiger partial charge in [0, 0.05) is 31.2 Å². The number of amides is 2. The summed E-state index contributed by atoms with van der Waals surface area (Å²) in [6.07, 6.45) is 0.977. The number of ether oxygens (including phenoxy) is 1. The highest BCUT2D eigenvalue weighted by molar-refractivity contribution is 6.00. The van der Waals surface area contributed by atoms with Crippen molar-refractivity contribution in [3.05, 3.63) is 24.3 Å². The van der Waals surface area contributed by atoms with Gasteiger partial charge in [-0.3, -0.25) is 9.59 Å². The Morgan fingerprint density at radius 3 is 2.65 bits per heavy atom. The van der Waals surface area contributed by atoms with Crippen molar-refractivity contribution in [2.75, 3.05) is 25.1 Å². The molecule has 2 amide bonds. The standard InChI is InChI=1S/C16H23N3O3.ClH/c1-11(17)7-8-18-16(21)12-9-15(20)19(10-12)13-3-5-14(22-2)6-4-13;/h3-6,11-12H,7-10,17H2,1-2H3,(H,18,21);1H. The Labute approximate surface area is 142 Å². The molecule has 1 aromatic carbocycles. The topological polar surface area (TPSA) is 84.7 Å². The fraction of sp³-hybridized carbons (Fsp3) is 0.500. The molecule has 2 rings (SSSR count). The molecule has 2 unspecified atom stereocenters. The van der Waals surface area contributed by atoms with Gasteiger partial charge >= 0.3 is 0 Å². The van der Waals surface area contributed by atoms with E-state index in [0.29, 0.717) is 13.1 Å². The van der Waals surface area contributed by atoms with Gasteiger partial charge in [-0.15, -0.1) is 12.4 Å². The minimum absolute atomic E-state index is 0. The van der Waals surface area contributed by atoms with E-state index in [1.165, 1.54) is 0 Å². The first-order valence-corrected chi connectivity index (χ1v) is 7.49. The molecule has 2 atom stereocenters. The Morgan fingerprint density at radius 1 is 1.43 bits per heavy atom. The zero-order valence-corrected chi connectivity index (χ0v) is 14.3. The number of methoxy groups -OCH3 is 1. The van der Waals surface area contributed by atoms with E-state index in [2.05, 4.69) is 5.32 Å². The monoisotopic (exact) mass is 341 g/mol. The number of nitrogens with one attached hydrogen (secondary N) is 1. The molecule has 1 heterocycles. The van der Waals surface area contributed by atoms with Crippen LogP contribution in [-0.2, 0) is 9.59 Å². The average Bonchev–Trinajstić information content (AvgIpc) is 2.89. The number of carbonyl (C=O) groups excluding carboxylic acids is 2. The predicted octanol–water partition coefficient (Wildman–Crippen LogP) is 1.32. The van der Waals surface area contributed by atoms with Crippen LogP contribution in [0.5, 0.6) is 5.75 Å². The van der Waals surface area contributed by atoms with Gasteiger partial charge in [-0.1, -0.05) is 0 Å². The molecule has 23 heavy (non-hydrogen) atoms. The fourth-order valence-corrected chi connectivity index (χ4v) is 2.46. The molecule has 6 nitrogen and oxygen atoms in total. The van der Waals surface area contributed by atoms with Crippen molar-refractivity contribution in [1.82, 2.24) is 5.32 Å². The van der Waals surface area contributed by atoms with E-state index in [-0.39, 0.29) is 42.6 Å². The lowest BCUT2D eigenvalue weighted by Gasteiger charge is -2.17. The number of nitrogens with two attached hydrogens (primary N) is 1. The van der Waals surface area contributed by atoms with Crippen molar-refractivity contribution in [2.24, 2.45) is 11.7 Å². The van der Waals surface area contributed by atoms with E-state index in [1.54, 1.807) is 24.1 Å². The highest BCUT2D eigenvalue weighted by Gasteiger charge is 2.34. The summed E-state index contributed by atoms with van der Waals surface area (Å²) in [6.45, 7) is 2.86. The summed E-state index contributed by atoms with van der Waals surface area (Å²) in [5, 5.41) is 2.85. The Bertz CT molecular complexity index is 534. The molecule has 0 aliphatic carbocycles. The molecule has 1 saturated heterocycles. The Morgan fingerprint density at radius 2 is 2.09 bits per heavy atom. The number of rotatable bonds is 6. The molecule has 1 aliphatic rings. The van der Waals surface area contributed by atoms with Crippen LogP contribution in [0.4, 0.5) is 5.69 Å². The summed E-state index contributed by atoms with van der Waals surface area (Å²) in [6, 6.07) is 7.32. The van der Waals surface area contributed by atoms with Crippen LogP contribution in [0.15, 0.2) is 24.3 Å². The molecule has 3 N–H and O–H groups in total. The molecular weight excluding hydrogens is 318 g/mol. The van der Waals surface area contributed by atoms with Gasteiger partial charge in [0.25, 0.3) is 0 Å². The molecule has 0 bridgehead atoms. The number of hydrogen-bond acceptors (Lipinski definition) is 4. The van der Waals surface area contributed by atoms with E-state index in [9.17, 15) is 9.59 Å². The lowest BCUT2D eigenvalue weighted by atomic mass is 10.1. The van der Waals surface area contributed by atoms with Crippen molar-refractivity contribution in [2.45, 2.75) is 25.8 Å². The third-order valence-electron chi connectivity index (χ3n) is 3.78. The summed E-state index contributed by atoms with van der Waals surface area (Å²) in [5.74, 6) is 0.325. The first kappa shape index (κ1) is 19.3. The van der Waals surface area contributed by atoms with Crippen molar-refractivity contribution in [3.63, 3.8) is 0 Å². The molecule has 1 aliphatic heterocycles. The third kappa shape index (κ3) is 5.11. The summed E-state index contributed by atoms with van der Waals surface area (Å²) in [5.41, 5.74) is 6.44. The Kier molecular flexibility index (Phi) is 7.32. The molecule has 0 spiro atoms. The largest absolute Gasteiger partial charge is 0.497 e. The van der Waals surface area contributed by atoms with Crippen LogP contribution in [0.2, 0.25) is 0 Å². The van der Waals surface area contributed by atoms with Crippen molar-refractivity contribution < 1.29 is 14.3 Å². The minimum Gasteiger partial charge on any atom is -0.497 e. The summed E-state index contributed by atoms with van der Waals surface area (Å²) >= 11 is 0. The maximum absolute atomic E-state index is 12.1. The first-order valence-electron chi connectivity index (χ1n) is 7.49. The van der Waals surface area contributed by atoms with E-state index < -0.39 is 0 Å². The maximum Gasteiger partial charge on any atom is 0.227 e. The zero-order chi connectivity index (χ0) is 16.1. The molecule has 1 aromatic rings. The summed E-state index contributed by atoms with van der Waals surface area (Å²) < 4.78 is 5.10. The molecule has 0 radical (unpaired) electrons. The minimum atomic E-state index is -0.303.